The van der Waals surface area contributed by atoms with Crippen molar-refractivity contribution < 1.29 is 5.11 Å². The quantitative estimate of drug-likeness (QED) is 0.753. The summed E-state index contributed by atoms with van der Waals surface area (Å²) in [6, 6.07) is 16.9. The lowest BCUT2D eigenvalue weighted by molar-refractivity contribution is 0.102. The van der Waals surface area contributed by atoms with Gasteiger partial charge in [0.15, 0.2) is 0 Å². The van der Waals surface area contributed by atoms with E-state index in [1.54, 1.807) is 19.1 Å². The van der Waals surface area contributed by atoms with Gasteiger partial charge in [0.2, 0.25) is 0 Å². The minimum Gasteiger partial charge on any atom is -0.399 e. The van der Waals surface area contributed by atoms with Crippen molar-refractivity contribution >= 4 is 5.69 Å². The van der Waals surface area contributed by atoms with E-state index >= 15 is 0 Å². The van der Waals surface area contributed by atoms with Gasteiger partial charge >= 0.3 is 0 Å². The standard InChI is InChI=1S/C14H15NO/c1-14(16,11-5-3-2-4-6-11)12-7-9-13(15)10-8-12/h2-10,16H,15H2,1H3. The van der Waals surface area contributed by atoms with Crippen LogP contribution >= 0.6 is 0 Å². The smallest absolute Gasteiger partial charge is 0.112 e. The van der Waals surface area contributed by atoms with Crippen molar-refractivity contribution in [2.24, 2.45) is 0 Å². The van der Waals surface area contributed by atoms with Crippen molar-refractivity contribution in [1.82, 2.24) is 0 Å². The first-order valence-electron chi connectivity index (χ1n) is 5.24. The summed E-state index contributed by atoms with van der Waals surface area (Å²) in [7, 11) is 0. The fourth-order valence-electron chi connectivity index (χ4n) is 1.74. The maximum absolute atomic E-state index is 10.5. The predicted molar refractivity (Wildman–Crippen MR) is 66.0 cm³/mol. The van der Waals surface area contributed by atoms with Gasteiger partial charge in [-0.3, -0.25) is 0 Å². The van der Waals surface area contributed by atoms with Gasteiger partial charge in [-0.2, -0.15) is 0 Å². The van der Waals surface area contributed by atoms with Gasteiger partial charge in [0.25, 0.3) is 0 Å². The summed E-state index contributed by atoms with van der Waals surface area (Å²) in [6.07, 6.45) is 0. The molecule has 1 atom stereocenters. The Balaban J connectivity index is 2.43. The molecule has 2 heteroatoms. The van der Waals surface area contributed by atoms with Gasteiger partial charge in [-0.1, -0.05) is 42.5 Å². The van der Waals surface area contributed by atoms with E-state index in [9.17, 15) is 5.11 Å². The first-order valence-corrected chi connectivity index (χ1v) is 5.24. The van der Waals surface area contributed by atoms with Crippen molar-refractivity contribution in [2.45, 2.75) is 12.5 Å². The van der Waals surface area contributed by atoms with Crippen LogP contribution in [0.3, 0.4) is 0 Å². The molecule has 0 aliphatic rings. The molecule has 0 amide bonds. The first-order chi connectivity index (χ1) is 7.60. The summed E-state index contributed by atoms with van der Waals surface area (Å²) in [6.45, 7) is 1.79. The zero-order valence-electron chi connectivity index (χ0n) is 9.22. The average Bonchev–Trinajstić information content (AvgIpc) is 2.31. The second-order valence-electron chi connectivity index (χ2n) is 4.06. The molecule has 0 heterocycles. The predicted octanol–water partition coefficient (Wildman–Crippen LogP) is 2.52. The van der Waals surface area contributed by atoms with Gasteiger partial charge < -0.3 is 10.8 Å². The Bertz CT molecular complexity index is 460. The Kier molecular flexibility index (Phi) is 2.67. The number of hydrogen-bond acceptors (Lipinski definition) is 2. The highest BCUT2D eigenvalue weighted by Crippen LogP contribution is 2.29. The van der Waals surface area contributed by atoms with Gasteiger partial charge in [-0.15, -0.1) is 0 Å². The third kappa shape index (κ3) is 1.92. The van der Waals surface area contributed by atoms with E-state index in [0.29, 0.717) is 5.69 Å². The topological polar surface area (TPSA) is 46.2 Å². The molecule has 0 spiro atoms. The maximum Gasteiger partial charge on any atom is 0.112 e. The Hall–Kier alpha value is -1.80. The van der Waals surface area contributed by atoms with Crippen LogP contribution in [0.5, 0.6) is 0 Å². The largest absolute Gasteiger partial charge is 0.399 e. The zero-order chi connectivity index (χ0) is 11.6. The molecule has 0 radical (unpaired) electrons. The lowest BCUT2D eigenvalue weighted by Gasteiger charge is -2.24. The molecule has 0 bridgehead atoms. The fraction of sp³-hybridized carbons (Fsp3) is 0.143. The van der Waals surface area contributed by atoms with Gasteiger partial charge in [-0.25, -0.2) is 0 Å². The van der Waals surface area contributed by atoms with Crippen molar-refractivity contribution in [3.8, 4) is 0 Å². The zero-order valence-corrected chi connectivity index (χ0v) is 9.22. The van der Waals surface area contributed by atoms with Crippen molar-refractivity contribution in [2.75, 3.05) is 5.73 Å². The number of nitrogens with two attached hydrogens (primary N) is 1. The SMILES string of the molecule is CC(O)(c1ccccc1)c1ccc(N)cc1. The average molecular weight is 213 g/mol. The third-order valence-corrected chi connectivity index (χ3v) is 2.81. The molecule has 3 N–H and O–H groups in total. The highest BCUT2D eigenvalue weighted by molar-refractivity contribution is 5.43. The molecule has 0 fully saturated rings. The van der Waals surface area contributed by atoms with Crippen LogP contribution in [0, 0.1) is 0 Å². The van der Waals surface area contributed by atoms with Gasteiger partial charge in [0, 0.05) is 5.69 Å². The van der Waals surface area contributed by atoms with Crippen LogP contribution in [0.25, 0.3) is 0 Å². The second kappa shape index (κ2) is 3.99. The molecule has 0 aliphatic carbocycles. The molecule has 2 rings (SSSR count). The van der Waals surface area contributed by atoms with E-state index in [-0.39, 0.29) is 0 Å². The van der Waals surface area contributed by atoms with Crippen LogP contribution < -0.4 is 5.73 Å². The number of benzene rings is 2. The van der Waals surface area contributed by atoms with Crippen LogP contribution in [0.15, 0.2) is 54.6 Å². The molecule has 82 valence electrons. The Morgan fingerprint density at radius 2 is 1.38 bits per heavy atom. The van der Waals surface area contributed by atoms with Crippen LogP contribution in [0.2, 0.25) is 0 Å². The first kappa shape index (κ1) is 10.7. The van der Waals surface area contributed by atoms with Gasteiger partial charge in [0.05, 0.1) is 0 Å². The Morgan fingerprint density at radius 1 is 0.875 bits per heavy atom. The summed E-state index contributed by atoms with van der Waals surface area (Å²) >= 11 is 0. The minimum atomic E-state index is -0.977. The molecular weight excluding hydrogens is 198 g/mol. The van der Waals surface area contributed by atoms with Crippen molar-refractivity contribution in [1.29, 1.82) is 0 Å². The Morgan fingerprint density at radius 3 is 1.94 bits per heavy atom. The van der Waals surface area contributed by atoms with E-state index in [0.717, 1.165) is 11.1 Å². The maximum atomic E-state index is 10.5. The molecule has 2 nitrogen and oxygen atoms in total. The highest BCUT2D eigenvalue weighted by Gasteiger charge is 2.24. The summed E-state index contributed by atoms with van der Waals surface area (Å²) in [5.41, 5.74) is 7.07. The monoisotopic (exact) mass is 213 g/mol. The number of nitrogen functional groups attached to an aromatic ring is 1. The van der Waals surface area contributed by atoms with E-state index in [4.69, 9.17) is 5.73 Å². The van der Waals surface area contributed by atoms with Crippen LogP contribution in [-0.4, -0.2) is 5.11 Å². The number of rotatable bonds is 2. The molecule has 2 aromatic carbocycles. The summed E-state index contributed by atoms with van der Waals surface area (Å²) in [5.74, 6) is 0. The summed E-state index contributed by atoms with van der Waals surface area (Å²) < 4.78 is 0. The lowest BCUT2D eigenvalue weighted by atomic mass is 9.88. The molecule has 2 aromatic rings. The van der Waals surface area contributed by atoms with Crippen LogP contribution in [-0.2, 0) is 5.60 Å². The molecule has 0 saturated carbocycles. The van der Waals surface area contributed by atoms with E-state index in [1.807, 2.05) is 42.5 Å². The van der Waals surface area contributed by atoms with E-state index in [2.05, 4.69) is 0 Å². The van der Waals surface area contributed by atoms with Crippen LogP contribution in [0.4, 0.5) is 5.69 Å². The molecular formula is C14H15NO. The number of aliphatic hydroxyl groups is 1. The molecule has 0 saturated heterocycles. The second-order valence-corrected chi connectivity index (χ2v) is 4.06. The highest BCUT2D eigenvalue weighted by atomic mass is 16.3. The normalized spacial score (nSPS) is 14.4. The number of anilines is 1. The van der Waals surface area contributed by atoms with E-state index in [1.165, 1.54) is 0 Å². The van der Waals surface area contributed by atoms with Crippen molar-refractivity contribution in [3.05, 3.63) is 65.7 Å². The Labute approximate surface area is 95.4 Å². The summed E-state index contributed by atoms with van der Waals surface area (Å²) in [5, 5.41) is 10.5. The molecule has 0 aromatic heterocycles. The molecule has 0 aliphatic heterocycles. The van der Waals surface area contributed by atoms with E-state index < -0.39 is 5.60 Å². The number of hydrogen-bond donors (Lipinski definition) is 2. The van der Waals surface area contributed by atoms with Gasteiger partial charge in [0.1, 0.15) is 5.60 Å². The molecule has 16 heavy (non-hydrogen) atoms. The fourth-order valence-corrected chi connectivity index (χ4v) is 1.74. The van der Waals surface area contributed by atoms with Crippen molar-refractivity contribution in [3.63, 3.8) is 0 Å². The summed E-state index contributed by atoms with van der Waals surface area (Å²) in [4.78, 5) is 0. The van der Waals surface area contributed by atoms with Crippen LogP contribution in [0.1, 0.15) is 18.1 Å². The van der Waals surface area contributed by atoms with Gasteiger partial charge in [-0.05, 0) is 30.2 Å². The minimum absolute atomic E-state index is 0.701. The molecule has 1 unspecified atom stereocenters. The lowest BCUT2D eigenvalue weighted by Crippen LogP contribution is -2.22. The third-order valence-electron chi connectivity index (χ3n) is 2.81.